The molecule has 0 amide bonds. The third-order valence-corrected chi connectivity index (χ3v) is 28.4. The van der Waals surface area contributed by atoms with Gasteiger partial charge in [-0.05, 0) is 0 Å². The Morgan fingerprint density at radius 3 is 1.15 bits per heavy atom. The molecule has 0 heterocycles. The van der Waals surface area contributed by atoms with Crippen LogP contribution in [0.5, 0.6) is 0 Å². The van der Waals surface area contributed by atoms with E-state index in [0.29, 0.717) is 8.45 Å². The summed E-state index contributed by atoms with van der Waals surface area (Å²) in [6.07, 6.45) is 5.40. The number of hydrogen-bond acceptors (Lipinski definition) is 0. The van der Waals surface area contributed by atoms with Crippen molar-refractivity contribution in [1.82, 2.24) is 0 Å². The Balaban J connectivity index is 0.00000232. The molecule has 6 aromatic rings. The van der Waals surface area contributed by atoms with Crippen molar-refractivity contribution in [2.24, 2.45) is 0 Å². The molecule has 0 radical (unpaired) electrons. The second kappa shape index (κ2) is 13.5. The molecule has 8 rings (SSSR count). The number of rotatable bonds is 6. The van der Waals surface area contributed by atoms with E-state index in [9.17, 15) is 0 Å². The van der Waals surface area contributed by atoms with Crippen LogP contribution in [0.15, 0.2) is 132 Å². The Bertz CT molecular complexity index is 2330. The van der Waals surface area contributed by atoms with Gasteiger partial charge in [-0.2, -0.15) is 0 Å². The molecule has 0 fully saturated rings. The molecule has 2 atom stereocenters. The zero-order valence-electron chi connectivity index (χ0n) is 31.9. The van der Waals surface area contributed by atoms with Crippen LogP contribution in [0, 0.1) is 0 Å². The van der Waals surface area contributed by atoms with Crippen LogP contribution in [0.25, 0.3) is 56.0 Å². The van der Waals surface area contributed by atoms with E-state index in [1.54, 1.807) is 21.5 Å². The Morgan fingerprint density at radius 1 is 0.442 bits per heavy atom. The molecule has 0 N–H and O–H groups in total. The molecule has 6 heteroatoms. The van der Waals surface area contributed by atoms with Gasteiger partial charge in [-0.15, -0.1) is 24.8 Å². The van der Waals surface area contributed by atoms with Gasteiger partial charge >= 0.3 is 306 Å². The molecular formula is C46H52Cl2Si3Ti. The van der Waals surface area contributed by atoms with Crippen molar-refractivity contribution >= 4 is 82.3 Å². The van der Waals surface area contributed by atoms with Crippen LogP contribution in [-0.4, -0.2) is 23.8 Å². The molecule has 0 nitrogen and oxygen atoms in total. The van der Waals surface area contributed by atoms with E-state index in [-0.39, 0.29) is 24.8 Å². The van der Waals surface area contributed by atoms with Crippen molar-refractivity contribution in [1.29, 1.82) is 0 Å². The maximum Gasteiger partial charge on any atom is -0.147 e. The fraction of sp³-hybridized carbons (Fsp3) is 0.217. The van der Waals surface area contributed by atoms with Crippen LogP contribution in [0.3, 0.4) is 0 Å². The number of hydrogen-bond donors (Lipinski definition) is 0. The van der Waals surface area contributed by atoms with Crippen molar-refractivity contribution in [2.45, 2.75) is 58.2 Å². The molecule has 266 valence electrons. The van der Waals surface area contributed by atoms with Gasteiger partial charge in [-0.1, -0.05) is 0 Å². The van der Waals surface area contributed by atoms with Crippen molar-refractivity contribution in [3.63, 3.8) is 0 Å². The number of halogens is 2. The van der Waals surface area contributed by atoms with Crippen LogP contribution in [0.2, 0.25) is 49.7 Å². The van der Waals surface area contributed by atoms with Gasteiger partial charge in [0.1, 0.15) is 0 Å². The molecule has 2 aliphatic rings. The van der Waals surface area contributed by atoms with Gasteiger partial charge in [0.25, 0.3) is 0 Å². The normalized spacial score (nSPS) is 17.2. The van der Waals surface area contributed by atoms with E-state index in [0.717, 1.165) is 0 Å². The zero-order valence-corrected chi connectivity index (χ0v) is 38.5. The SMILES string of the molecule is C[Si](C)(C)C1=Cc2c(-c3cccc4ccccc34)cccc2[CH]1[Ti]([CH3])([CH3])(=[SiH2])[CH]1C([Si](C)(C)C)=Cc2c(-c3cccc4ccccc34)cccc21.Cl.Cl. The predicted octanol–water partition coefficient (Wildman–Crippen LogP) is 13.8. The summed E-state index contributed by atoms with van der Waals surface area (Å²) >= 11 is -3.58. The monoisotopic (exact) mass is 806 g/mol. The van der Waals surface area contributed by atoms with E-state index in [2.05, 4.69) is 191 Å². The smallest absolute Gasteiger partial charge is 0.147 e. The molecule has 0 saturated carbocycles. The number of benzene rings is 6. The molecule has 0 bridgehead atoms. The van der Waals surface area contributed by atoms with Gasteiger partial charge in [0, 0.05) is 0 Å². The fourth-order valence-electron chi connectivity index (χ4n) is 9.70. The molecule has 0 aliphatic heterocycles. The minimum atomic E-state index is -3.58. The van der Waals surface area contributed by atoms with Gasteiger partial charge in [-0.3, -0.25) is 0 Å². The molecule has 0 saturated heterocycles. The van der Waals surface area contributed by atoms with Crippen LogP contribution in [0.1, 0.15) is 30.7 Å². The molecule has 2 aliphatic carbocycles. The topological polar surface area (TPSA) is 0 Å². The van der Waals surface area contributed by atoms with Crippen molar-refractivity contribution in [2.75, 3.05) is 0 Å². The van der Waals surface area contributed by atoms with Crippen molar-refractivity contribution in [3.8, 4) is 22.3 Å². The van der Waals surface area contributed by atoms with E-state index >= 15 is 0 Å². The third-order valence-electron chi connectivity index (χ3n) is 11.9. The van der Waals surface area contributed by atoms with Crippen LogP contribution in [-0.2, 0) is 14.0 Å². The van der Waals surface area contributed by atoms with E-state index < -0.39 is 30.2 Å². The van der Waals surface area contributed by atoms with Gasteiger partial charge < -0.3 is 0 Å². The minimum absolute atomic E-state index is 0. The average molecular weight is 808 g/mol. The largest absolute Gasteiger partial charge is 0.147 e. The quantitative estimate of drug-likeness (QED) is 0.147. The van der Waals surface area contributed by atoms with Gasteiger partial charge in [0.05, 0.1) is 0 Å². The third kappa shape index (κ3) is 6.25. The maximum absolute atomic E-state index is 3.58. The van der Waals surface area contributed by atoms with Crippen molar-refractivity contribution in [3.05, 3.63) is 154 Å². The summed E-state index contributed by atoms with van der Waals surface area (Å²) in [4.78, 5) is 0. The van der Waals surface area contributed by atoms with Gasteiger partial charge in [0.2, 0.25) is 0 Å². The summed E-state index contributed by atoms with van der Waals surface area (Å²) in [6.45, 7) is 15.6. The summed E-state index contributed by atoms with van der Waals surface area (Å²) in [5, 5.41) is 14.5. The first-order valence-electron chi connectivity index (χ1n) is 18.4. The van der Waals surface area contributed by atoms with E-state index in [1.165, 1.54) is 54.9 Å². The van der Waals surface area contributed by atoms with E-state index in [1.807, 2.05) is 0 Å². The van der Waals surface area contributed by atoms with Gasteiger partial charge in [0.15, 0.2) is 0 Å². The summed E-state index contributed by atoms with van der Waals surface area (Å²) < 4.78 is 0.998. The summed E-state index contributed by atoms with van der Waals surface area (Å²) in [7, 11) is -0.939. The molecular weight excluding hydrogens is 756 g/mol. The first-order valence-corrected chi connectivity index (χ1v) is 34.3. The second-order valence-corrected chi connectivity index (χ2v) is 48.5. The van der Waals surface area contributed by atoms with Crippen LogP contribution < -0.4 is 0 Å². The molecule has 6 aromatic carbocycles. The van der Waals surface area contributed by atoms with E-state index in [4.69, 9.17) is 0 Å². The summed E-state index contributed by atoms with van der Waals surface area (Å²) in [6, 6.07) is 46.0. The first kappa shape index (κ1) is 39.0. The standard InChI is InChI=1S/2C22H21Si.2CH3.2ClH.H2Si.Ti/c2*1-23(2,3)18-14-17-10-7-13-21(22(17)15-18)20-12-6-9-16-8-4-5-11-19(16)20;;;;;;/h2*4-15H,1-3H3;2*1H3;2*1H;1H2;. The van der Waals surface area contributed by atoms with Crippen LogP contribution in [0.4, 0.5) is 0 Å². The minimum Gasteiger partial charge on any atom is -0.147 e. The van der Waals surface area contributed by atoms with Crippen molar-refractivity contribution < 1.29 is 14.0 Å². The number of allylic oxidation sites excluding steroid dienone is 2. The van der Waals surface area contributed by atoms with Gasteiger partial charge in [-0.25, -0.2) is 0 Å². The summed E-state index contributed by atoms with van der Waals surface area (Å²) in [5.41, 5.74) is 11.7. The molecule has 0 spiro atoms. The average Bonchev–Trinajstić information content (AvgIpc) is 3.70. The predicted molar refractivity (Wildman–Crippen MR) is 242 cm³/mol. The Morgan fingerprint density at radius 2 is 0.769 bits per heavy atom. The molecule has 52 heavy (non-hydrogen) atoms. The summed E-state index contributed by atoms with van der Waals surface area (Å²) in [5.74, 6) is 0. The zero-order chi connectivity index (χ0) is 35.2. The second-order valence-electron chi connectivity index (χ2n) is 18.2. The van der Waals surface area contributed by atoms with Crippen LogP contribution >= 0.6 is 24.8 Å². The first-order chi connectivity index (χ1) is 23.6. The fourth-order valence-corrected chi connectivity index (χ4v) is 34.1. The Hall–Kier alpha value is -2.74. The Labute approximate surface area is 328 Å². The maximum atomic E-state index is 2.83. The number of fused-ring (bicyclic) bond motifs is 4. The molecule has 0 aromatic heterocycles. The Kier molecular flexibility index (Phi) is 10.1. The molecule has 2 unspecified atom stereocenters.